The van der Waals surface area contributed by atoms with Gasteiger partial charge in [-0.1, -0.05) is 0 Å². The zero-order valence-corrected chi connectivity index (χ0v) is 18.1. The molecule has 0 aromatic heterocycles. The minimum Gasteiger partial charge on any atom is -0.481 e. The van der Waals surface area contributed by atoms with E-state index in [1.807, 2.05) is 0 Å². The zero-order chi connectivity index (χ0) is 24.4. The van der Waals surface area contributed by atoms with Crippen molar-refractivity contribution in [2.24, 2.45) is 5.73 Å². The first kappa shape index (κ1) is 27.2. The lowest BCUT2D eigenvalue weighted by atomic mass is 10.1. The molecule has 4 unspecified atom stereocenters. The van der Waals surface area contributed by atoms with Crippen LogP contribution in [0, 0.1) is 0 Å². The van der Waals surface area contributed by atoms with E-state index in [4.69, 9.17) is 15.9 Å². The fraction of sp³-hybridized carbons (Fsp3) is 0.667. The Balaban J connectivity index is 2.87. The van der Waals surface area contributed by atoms with E-state index in [1.54, 1.807) is 0 Å². The highest BCUT2D eigenvalue weighted by Gasteiger charge is 2.38. The molecule has 32 heavy (non-hydrogen) atoms. The Hall–Kier alpha value is -2.87. The number of hydrogen-bond donors (Lipinski definition) is 7. The van der Waals surface area contributed by atoms with Crippen LogP contribution in [0.4, 0.5) is 0 Å². The van der Waals surface area contributed by atoms with Crippen molar-refractivity contribution in [3.63, 3.8) is 0 Å². The summed E-state index contributed by atoms with van der Waals surface area (Å²) in [5, 5.41) is 31.5. The molecule has 0 spiro atoms. The first-order valence-corrected chi connectivity index (χ1v) is 10.5. The standard InChI is InChI=1S/C18H28N4O9S/c19-9(3-5-13(23)24)15(27)20-10(4-6-14(25)26)16(28)21-11(8-32)17(29)22-7-1-2-12(22)18(30)31/h9-12,32H,1-8,19H2,(H,20,27)(H,21,28)(H,23,24)(H,25,26)(H,30,31). The Bertz CT molecular complexity index is 748. The van der Waals surface area contributed by atoms with Crippen molar-refractivity contribution < 1.29 is 44.1 Å². The number of likely N-dealkylation sites (tertiary alicyclic amines) is 1. The molecule has 1 rings (SSSR count). The molecule has 1 heterocycles. The second-order valence-electron chi connectivity index (χ2n) is 7.30. The number of nitrogens with zero attached hydrogens (tertiary/aromatic N) is 1. The van der Waals surface area contributed by atoms with E-state index in [0.717, 1.165) is 4.90 Å². The minimum absolute atomic E-state index is 0.162. The maximum absolute atomic E-state index is 12.7. The lowest BCUT2D eigenvalue weighted by molar-refractivity contribution is -0.149. The molecule has 1 aliphatic heterocycles. The predicted octanol–water partition coefficient (Wildman–Crippen LogP) is -1.98. The van der Waals surface area contributed by atoms with Crippen LogP contribution < -0.4 is 16.4 Å². The first-order chi connectivity index (χ1) is 15.0. The third kappa shape index (κ3) is 8.34. The predicted molar refractivity (Wildman–Crippen MR) is 112 cm³/mol. The highest BCUT2D eigenvalue weighted by Crippen LogP contribution is 2.19. The van der Waals surface area contributed by atoms with E-state index >= 15 is 0 Å². The van der Waals surface area contributed by atoms with Gasteiger partial charge in [0.2, 0.25) is 17.7 Å². The number of aliphatic carboxylic acids is 3. The van der Waals surface area contributed by atoms with Crippen LogP contribution >= 0.6 is 12.6 Å². The van der Waals surface area contributed by atoms with Crippen molar-refractivity contribution in [1.29, 1.82) is 0 Å². The molecule has 13 nitrogen and oxygen atoms in total. The largest absolute Gasteiger partial charge is 0.481 e. The Morgan fingerprint density at radius 2 is 1.50 bits per heavy atom. The van der Waals surface area contributed by atoms with Crippen LogP contribution in [0.25, 0.3) is 0 Å². The summed E-state index contributed by atoms with van der Waals surface area (Å²) in [7, 11) is 0. The number of carboxylic acid groups (broad SMARTS) is 3. The van der Waals surface area contributed by atoms with Gasteiger partial charge in [0.25, 0.3) is 0 Å². The molecule has 180 valence electrons. The number of hydrogen-bond acceptors (Lipinski definition) is 8. The quantitative estimate of drug-likeness (QED) is 0.145. The summed E-state index contributed by atoms with van der Waals surface area (Å²) >= 11 is 4.04. The molecule has 3 amide bonds. The fourth-order valence-corrected chi connectivity index (χ4v) is 3.42. The number of carbonyl (C=O) groups is 6. The van der Waals surface area contributed by atoms with Gasteiger partial charge in [0.05, 0.1) is 6.04 Å². The molecule has 7 N–H and O–H groups in total. The van der Waals surface area contributed by atoms with Crippen LogP contribution in [0.15, 0.2) is 0 Å². The Morgan fingerprint density at radius 1 is 0.938 bits per heavy atom. The smallest absolute Gasteiger partial charge is 0.326 e. The van der Waals surface area contributed by atoms with Gasteiger partial charge in [0.1, 0.15) is 18.1 Å². The summed E-state index contributed by atoms with van der Waals surface area (Å²) in [4.78, 5) is 71.7. The number of amides is 3. The highest BCUT2D eigenvalue weighted by molar-refractivity contribution is 7.80. The van der Waals surface area contributed by atoms with Gasteiger partial charge in [-0.3, -0.25) is 24.0 Å². The topological polar surface area (TPSA) is 216 Å². The molecular weight excluding hydrogens is 448 g/mol. The fourth-order valence-electron chi connectivity index (χ4n) is 3.17. The number of carbonyl (C=O) groups excluding carboxylic acids is 3. The van der Waals surface area contributed by atoms with E-state index in [-0.39, 0.29) is 38.0 Å². The molecule has 0 radical (unpaired) electrons. The van der Waals surface area contributed by atoms with Crippen molar-refractivity contribution in [1.82, 2.24) is 15.5 Å². The van der Waals surface area contributed by atoms with Crippen LogP contribution in [0.1, 0.15) is 38.5 Å². The second-order valence-corrected chi connectivity index (χ2v) is 7.67. The van der Waals surface area contributed by atoms with Gasteiger partial charge in [-0.25, -0.2) is 4.79 Å². The SMILES string of the molecule is NC(CCC(=O)O)C(=O)NC(CCC(=O)O)C(=O)NC(CS)C(=O)N1CCCC1C(=O)O. The maximum Gasteiger partial charge on any atom is 0.326 e. The molecule has 1 saturated heterocycles. The first-order valence-electron chi connectivity index (χ1n) is 9.92. The van der Waals surface area contributed by atoms with Gasteiger partial charge in [-0.05, 0) is 25.7 Å². The minimum atomic E-state index is -1.36. The average molecular weight is 477 g/mol. The number of rotatable bonds is 13. The molecule has 14 heteroatoms. The molecule has 0 aromatic rings. The molecule has 4 atom stereocenters. The lowest BCUT2D eigenvalue weighted by Crippen LogP contribution is -2.57. The summed E-state index contributed by atoms with van der Waals surface area (Å²) in [6.07, 6.45) is -0.598. The number of thiol groups is 1. The zero-order valence-electron chi connectivity index (χ0n) is 17.2. The van der Waals surface area contributed by atoms with Crippen molar-refractivity contribution in [3.05, 3.63) is 0 Å². The van der Waals surface area contributed by atoms with Crippen LogP contribution in [-0.4, -0.2) is 92.3 Å². The summed E-state index contributed by atoms with van der Waals surface area (Å²) in [5.41, 5.74) is 5.62. The van der Waals surface area contributed by atoms with E-state index in [2.05, 4.69) is 23.3 Å². The van der Waals surface area contributed by atoms with Crippen molar-refractivity contribution >= 4 is 48.3 Å². The van der Waals surface area contributed by atoms with Gasteiger partial charge < -0.3 is 36.6 Å². The van der Waals surface area contributed by atoms with Crippen molar-refractivity contribution in [3.8, 4) is 0 Å². The van der Waals surface area contributed by atoms with Gasteiger partial charge in [-0.15, -0.1) is 0 Å². The summed E-state index contributed by atoms with van der Waals surface area (Å²) in [6.45, 7) is 0.202. The van der Waals surface area contributed by atoms with Crippen LogP contribution in [0.3, 0.4) is 0 Å². The molecule has 1 aliphatic rings. The molecule has 0 aliphatic carbocycles. The average Bonchev–Trinajstić information content (AvgIpc) is 3.22. The summed E-state index contributed by atoms with van der Waals surface area (Å²) < 4.78 is 0. The molecule has 0 bridgehead atoms. The lowest BCUT2D eigenvalue weighted by Gasteiger charge is -2.28. The van der Waals surface area contributed by atoms with Crippen molar-refractivity contribution in [2.75, 3.05) is 12.3 Å². The number of nitrogens with two attached hydrogens (primary N) is 1. The van der Waals surface area contributed by atoms with Crippen LogP contribution in [0.2, 0.25) is 0 Å². The Morgan fingerprint density at radius 3 is 2.03 bits per heavy atom. The maximum atomic E-state index is 12.7. The molecule has 0 aromatic carbocycles. The third-order valence-corrected chi connectivity index (χ3v) is 5.27. The van der Waals surface area contributed by atoms with E-state index < -0.39 is 66.2 Å². The Kier molecular flexibility index (Phi) is 10.9. The molecular formula is C18H28N4O9S. The van der Waals surface area contributed by atoms with Crippen LogP contribution in [0.5, 0.6) is 0 Å². The van der Waals surface area contributed by atoms with Gasteiger partial charge in [0, 0.05) is 25.1 Å². The van der Waals surface area contributed by atoms with Crippen molar-refractivity contribution in [2.45, 2.75) is 62.7 Å². The summed E-state index contributed by atoms with van der Waals surface area (Å²) in [6, 6.07) is -4.82. The highest BCUT2D eigenvalue weighted by atomic mass is 32.1. The number of carboxylic acids is 3. The van der Waals surface area contributed by atoms with Gasteiger partial charge in [0.15, 0.2) is 0 Å². The normalized spacial score (nSPS) is 18.3. The molecule has 0 saturated carbocycles. The van der Waals surface area contributed by atoms with Gasteiger partial charge >= 0.3 is 17.9 Å². The third-order valence-electron chi connectivity index (χ3n) is 4.90. The van der Waals surface area contributed by atoms with E-state index in [1.165, 1.54) is 0 Å². The summed E-state index contributed by atoms with van der Waals surface area (Å²) in [5.74, 6) is -6.09. The van der Waals surface area contributed by atoms with E-state index in [0.29, 0.717) is 6.42 Å². The monoisotopic (exact) mass is 476 g/mol. The van der Waals surface area contributed by atoms with Crippen LogP contribution in [-0.2, 0) is 28.8 Å². The number of nitrogens with one attached hydrogen (secondary N) is 2. The molecule has 1 fully saturated rings. The Labute approximate surface area is 189 Å². The second kappa shape index (κ2) is 12.9. The van der Waals surface area contributed by atoms with E-state index in [9.17, 15) is 33.9 Å². The van der Waals surface area contributed by atoms with Gasteiger partial charge in [-0.2, -0.15) is 12.6 Å².